The standard InChI is InChI=1S/C39H66O16S.Na/c1-19(21(3)16-51-35-33(31(28(44)18-52-35)55-56(47,48)49)54-36-32(50-6)30(45)27(43)17-53-36)7-8-20(2)23-14-25(41)34-38(23,5)12-10-29-37(4)11-9-22(40)13-24(37)26(42)15-39(29,34)46;/h20-36,40-46H,1,7-18H2,2-6H3,(H,47,48,49);/q;+1/p-1/t20-,21?,22+,23-,24-,25-,26+,27-,28-,29-,30+,31+,32-,33-,34-,35-,36+,37+,38-,39+;/m1./s1. The number of aliphatic hydroxyl groups excluding tert-OH is 6. The van der Waals surface area contributed by atoms with Gasteiger partial charge < -0.3 is 64.0 Å². The van der Waals surface area contributed by atoms with Crippen molar-refractivity contribution in [3.05, 3.63) is 12.2 Å². The summed E-state index contributed by atoms with van der Waals surface area (Å²) in [5, 5.41) is 77.2. The van der Waals surface area contributed by atoms with Crippen molar-refractivity contribution >= 4 is 10.4 Å². The number of rotatable bonds is 13. The maximum Gasteiger partial charge on any atom is 1.00 e. The Morgan fingerprint density at radius 1 is 0.895 bits per heavy atom. The molecule has 0 amide bonds. The Morgan fingerprint density at radius 2 is 1.54 bits per heavy atom. The van der Waals surface area contributed by atoms with Crippen molar-refractivity contribution in [2.45, 2.75) is 159 Å². The summed E-state index contributed by atoms with van der Waals surface area (Å²) in [6.07, 6.45) is -7.73. The second-order valence-corrected chi connectivity index (χ2v) is 19.5. The van der Waals surface area contributed by atoms with Gasteiger partial charge in [0.1, 0.15) is 36.6 Å². The summed E-state index contributed by atoms with van der Waals surface area (Å²) in [5.41, 5.74) is -1.00. The normalized spacial score (nSPS) is 48.5. The topological polar surface area (TPSA) is 254 Å². The molecule has 0 aromatic rings. The molecule has 2 heterocycles. The van der Waals surface area contributed by atoms with Crippen LogP contribution >= 0.6 is 0 Å². The first kappa shape index (κ1) is 48.2. The average Bonchev–Trinajstić information content (AvgIpc) is 3.40. The summed E-state index contributed by atoms with van der Waals surface area (Å²) in [5.74, 6) is -0.483. The summed E-state index contributed by atoms with van der Waals surface area (Å²) in [6, 6.07) is 0. The van der Waals surface area contributed by atoms with Gasteiger partial charge in [-0.25, -0.2) is 8.42 Å². The van der Waals surface area contributed by atoms with Crippen LogP contribution in [0.4, 0.5) is 0 Å². The van der Waals surface area contributed by atoms with Crippen LogP contribution in [0.2, 0.25) is 0 Å². The van der Waals surface area contributed by atoms with E-state index in [1.165, 1.54) is 7.11 Å². The van der Waals surface area contributed by atoms with Crippen LogP contribution in [-0.2, 0) is 38.3 Å². The quantitative estimate of drug-likeness (QED) is 0.0447. The number of fused-ring (bicyclic) bond motifs is 5. The van der Waals surface area contributed by atoms with Gasteiger partial charge >= 0.3 is 29.6 Å². The fraction of sp³-hybridized carbons (Fsp3) is 0.949. The van der Waals surface area contributed by atoms with E-state index in [1.54, 1.807) is 0 Å². The predicted octanol–water partition coefficient (Wildman–Crippen LogP) is -2.27. The van der Waals surface area contributed by atoms with Gasteiger partial charge in [-0.05, 0) is 85.9 Å². The molecule has 6 fully saturated rings. The van der Waals surface area contributed by atoms with Crippen LogP contribution in [0.25, 0.3) is 0 Å². The molecule has 6 aliphatic rings. The third kappa shape index (κ3) is 9.42. The first-order chi connectivity index (χ1) is 26.1. The fourth-order valence-corrected chi connectivity index (χ4v) is 12.7. The summed E-state index contributed by atoms with van der Waals surface area (Å²) in [7, 11) is -4.07. The van der Waals surface area contributed by atoms with Crippen molar-refractivity contribution in [2.24, 2.45) is 46.3 Å². The van der Waals surface area contributed by atoms with Gasteiger partial charge in [0.2, 0.25) is 10.4 Å². The second-order valence-electron chi connectivity index (χ2n) is 18.5. The van der Waals surface area contributed by atoms with Crippen LogP contribution < -0.4 is 29.6 Å². The van der Waals surface area contributed by atoms with Gasteiger partial charge in [-0.1, -0.05) is 39.8 Å². The molecule has 0 spiro atoms. The van der Waals surface area contributed by atoms with Gasteiger partial charge in [0.05, 0.1) is 43.7 Å². The van der Waals surface area contributed by atoms with Crippen molar-refractivity contribution in [1.29, 1.82) is 0 Å². The number of aliphatic hydroxyl groups is 7. The molecule has 0 radical (unpaired) electrons. The molecule has 16 nitrogen and oxygen atoms in total. The average molecular weight is 845 g/mol. The zero-order chi connectivity index (χ0) is 41.1. The van der Waals surface area contributed by atoms with E-state index in [-0.39, 0.29) is 95.5 Å². The maximum absolute atomic E-state index is 12.6. The molecule has 6 rings (SSSR count). The Hall–Kier alpha value is 0.130. The smallest absolute Gasteiger partial charge is 0.726 e. The minimum atomic E-state index is -5.32. The van der Waals surface area contributed by atoms with E-state index < -0.39 is 90.1 Å². The minimum Gasteiger partial charge on any atom is -0.726 e. The Balaban J connectivity index is 0.00000620. The number of hydrogen-bond acceptors (Lipinski definition) is 16. The summed E-state index contributed by atoms with van der Waals surface area (Å²) < 4.78 is 68.1. The van der Waals surface area contributed by atoms with Crippen LogP contribution in [0.3, 0.4) is 0 Å². The van der Waals surface area contributed by atoms with Gasteiger partial charge in [-0.2, -0.15) is 0 Å². The number of ether oxygens (including phenoxy) is 5. The fourth-order valence-electron chi connectivity index (χ4n) is 12.2. The van der Waals surface area contributed by atoms with Crippen molar-refractivity contribution < 1.29 is 106 Å². The third-order valence-electron chi connectivity index (χ3n) is 15.2. The van der Waals surface area contributed by atoms with Crippen molar-refractivity contribution in [2.75, 3.05) is 26.9 Å². The monoisotopic (exact) mass is 844 g/mol. The number of hydrogen-bond donors (Lipinski definition) is 7. The van der Waals surface area contributed by atoms with E-state index >= 15 is 0 Å². The molecule has 0 aromatic heterocycles. The molecule has 0 aromatic carbocycles. The largest absolute Gasteiger partial charge is 1.00 e. The Labute approximate surface area is 358 Å². The Morgan fingerprint density at radius 3 is 2.21 bits per heavy atom. The Kier molecular flexibility index (Phi) is 15.6. The van der Waals surface area contributed by atoms with E-state index in [0.717, 1.165) is 31.3 Å². The molecule has 7 N–H and O–H groups in total. The summed E-state index contributed by atoms with van der Waals surface area (Å²) in [4.78, 5) is 0. The van der Waals surface area contributed by atoms with Crippen LogP contribution in [0.1, 0.15) is 85.5 Å². The predicted molar refractivity (Wildman–Crippen MR) is 196 cm³/mol. The van der Waals surface area contributed by atoms with Crippen LogP contribution in [0, 0.1) is 46.3 Å². The Bertz CT molecular complexity index is 1490. The van der Waals surface area contributed by atoms with Crippen molar-refractivity contribution in [3.63, 3.8) is 0 Å². The molecule has 324 valence electrons. The van der Waals surface area contributed by atoms with Crippen molar-refractivity contribution in [3.8, 4) is 0 Å². The first-order valence-corrected chi connectivity index (χ1v) is 21.6. The molecule has 4 aliphatic carbocycles. The van der Waals surface area contributed by atoms with Crippen LogP contribution in [-0.4, -0.2) is 149 Å². The molecule has 0 bridgehead atoms. The maximum atomic E-state index is 12.6. The molecular formula is C39H65NaO16S. The van der Waals surface area contributed by atoms with Gasteiger partial charge in [0.25, 0.3) is 0 Å². The molecule has 1 unspecified atom stereocenters. The molecule has 2 aliphatic heterocycles. The zero-order valence-corrected chi connectivity index (χ0v) is 37.0. The van der Waals surface area contributed by atoms with E-state index in [9.17, 15) is 48.7 Å². The van der Waals surface area contributed by atoms with Gasteiger partial charge in [-0.15, -0.1) is 0 Å². The van der Waals surface area contributed by atoms with Crippen LogP contribution in [0.5, 0.6) is 0 Å². The van der Waals surface area contributed by atoms with E-state index in [2.05, 4.69) is 31.5 Å². The van der Waals surface area contributed by atoms with E-state index in [0.29, 0.717) is 25.7 Å². The summed E-state index contributed by atoms with van der Waals surface area (Å²) in [6.45, 7) is 12.0. The first-order valence-electron chi connectivity index (χ1n) is 20.3. The minimum absolute atomic E-state index is 0. The van der Waals surface area contributed by atoms with E-state index in [4.69, 9.17) is 23.7 Å². The van der Waals surface area contributed by atoms with E-state index in [1.807, 2.05) is 6.92 Å². The van der Waals surface area contributed by atoms with Crippen LogP contribution in [0.15, 0.2) is 12.2 Å². The SMILES string of the molecule is C=C(CC[C@@H](C)[C@H]1C[C@@H](O)[C@@H]2[C@]1(C)CC[C@@H]1[C@@]3(C)CC[C@H](O)C[C@@H]3[C@@H](O)C[C@]12O)C(C)CO[C@@H]1OC[C@@H](O)[C@H](OS(=O)(=O)[O-])[C@H]1O[C@@H]1OC[C@@H](O)[C@H](O)[C@H]1OC.[Na+]. The molecule has 18 heteroatoms. The summed E-state index contributed by atoms with van der Waals surface area (Å²) >= 11 is 0. The molecule has 20 atom stereocenters. The second kappa shape index (κ2) is 18.5. The third-order valence-corrected chi connectivity index (χ3v) is 15.6. The number of methoxy groups -OCH3 is 1. The van der Waals surface area contributed by atoms with Gasteiger partial charge in [0.15, 0.2) is 12.6 Å². The van der Waals surface area contributed by atoms with Gasteiger partial charge in [0, 0.05) is 25.4 Å². The van der Waals surface area contributed by atoms with Gasteiger partial charge in [-0.3, -0.25) is 4.18 Å². The molecule has 57 heavy (non-hydrogen) atoms. The molecule has 4 saturated carbocycles. The van der Waals surface area contributed by atoms with Crippen molar-refractivity contribution in [1.82, 2.24) is 0 Å². The zero-order valence-electron chi connectivity index (χ0n) is 34.2. The molecule has 2 saturated heterocycles. The molecular weight excluding hydrogens is 779 g/mol.